The van der Waals surface area contributed by atoms with Gasteiger partial charge in [0.25, 0.3) is 0 Å². The summed E-state index contributed by atoms with van der Waals surface area (Å²) < 4.78 is 25.1. The molecule has 0 spiro atoms. The van der Waals surface area contributed by atoms with E-state index in [2.05, 4.69) is 18.9 Å². The van der Waals surface area contributed by atoms with Gasteiger partial charge in [-0.2, -0.15) is 0 Å². The topological polar surface area (TPSA) is 67.9 Å². The smallest absolute Gasteiger partial charge is 0.331 e. The highest BCUT2D eigenvalue weighted by molar-refractivity contribution is 7.57. The molecule has 2 rings (SSSR count). The Morgan fingerprint density at radius 2 is 1.96 bits per heavy atom. The van der Waals surface area contributed by atoms with Crippen LogP contribution in [0, 0.1) is 0 Å². The summed E-state index contributed by atoms with van der Waals surface area (Å²) in [6, 6.07) is 5.16. The molecule has 0 aliphatic carbocycles. The molecule has 7 heteroatoms. The monoisotopic (exact) mass is 382 g/mol. The maximum atomic E-state index is 13.6. The van der Waals surface area contributed by atoms with Crippen LogP contribution in [0.1, 0.15) is 57.6 Å². The Labute approximate surface area is 156 Å². The lowest BCUT2D eigenvalue weighted by atomic mass is 9.89. The van der Waals surface area contributed by atoms with Gasteiger partial charge in [0.2, 0.25) is 0 Å². The summed E-state index contributed by atoms with van der Waals surface area (Å²) in [5.41, 5.74) is 1.87. The highest BCUT2D eigenvalue weighted by Crippen LogP contribution is 2.52. The quantitative estimate of drug-likeness (QED) is 0.615. The van der Waals surface area contributed by atoms with Crippen LogP contribution in [0.25, 0.3) is 0 Å². The van der Waals surface area contributed by atoms with Gasteiger partial charge in [0, 0.05) is 5.92 Å². The molecule has 0 aromatic heterocycles. The predicted octanol–water partition coefficient (Wildman–Crippen LogP) is 3.93. The van der Waals surface area contributed by atoms with E-state index in [4.69, 9.17) is 9.26 Å². The maximum absolute atomic E-state index is 13.6. The molecule has 1 aromatic carbocycles. The zero-order valence-corrected chi connectivity index (χ0v) is 17.7. The zero-order valence-electron chi connectivity index (χ0n) is 16.8. The molecule has 6 nitrogen and oxygen atoms in total. The molecule has 1 N–H and O–H groups in total. The van der Waals surface area contributed by atoms with Gasteiger partial charge in [-0.25, -0.2) is 5.09 Å². The van der Waals surface area contributed by atoms with E-state index in [-0.39, 0.29) is 24.2 Å². The summed E-state index contributed by atoms with van der Waals surface area (Å²) in [6.07, 6.45) is -0.0489. The first-order valence-corrected chi connectivity index (χ1v) is 10.9. The SMILES string of the molecule is CC(C)OC(=O)[C@H]1NP(=O)(CN(C)C)Oc2c(C(C)C)cccc2C1C. The number of carbonyl (C=O) groups is 1. The number of nitrogens with one attached hydrogen (secondary N) is 1. The van der Waals surface area contributed by atoms with E-state index < -0.39 is 19.5 Å². The van der Waals surface area contributed by atoms with Gasteiger partial charge in [-0.05, 0) is 45.0 Å². The van der Waals surface area contributed by atoms with E-state index in [1.807, 2.05) is 39.2 Å². The van der Waals surface area contributed by atoms with E-state index >= 15 is 0 Å². The van der Waals surface area contributed by atoms with Crippen LogP contribution in [-0.4, -0.2) is 43.4 Å². The van der Waals surface area contributed by atoms with Crippen LogP contribution in [0.3, 0.4) is 0 Å². The third kappa shape index (κ3) is 4.67. The number of carbonyl (C=O) groups excluding carboxylic acids is 1. The third-order valence-corrected chi connectivity index (χ3v) is 6.42. The Kier molecular flexibility index (Phi) is 6.54. The molecule has 2 unspecified atom stereocenters. The van der Waals surface area contributed by atoms with Crippen molar-refractivity contribution < 1.29 is 18.6 Å². The average molecular weight is 382 g/mol. The number of rotatable bonds is 5. The van der Waals surface area contributed by atoms with Crippen molar-refractivity contribution in [3.8, 4) is 5.75 Å². The Hall–Kier alpha value is -1.36. The zero-order chi connectivity index (χ0) is 19.6. The van der Waals surface area contributed by atoms with Crippen molar-refractivity contribution >= 4 is 13.5 Å². The van der Waals surface area contributed by atoms with Crippen LogP contribution < -0.4 is 9.61 Å². The molecule has 0 radical (unpaired) electrons. The largest absolute Gasteiger partial charge is 0.462 e. The highest BCUT2D eigenvalue weighted by Gasteiger charge is 2.42. The van der Waals surface area contributed by atoms with Crippen LogP contribution >= 0.6 is 7.52 Å². The van der Waals surface area contributed by atoms with Gasteiger partial charge >= 0.3 is 13.5 Å². The molecule has 1 aromatic rings. The van der Waals surface area contributed by atoms with E-state index in [1.54, 1.807) is 18.7 Å². The van der Waals surface area contributed by atoms with Crippen LogP contribution in [-0.2, 0) is 14.1 Å². The molecular weight excluding hydrogens is 351 g/mol. The summed E-state index contributed by atoms with van der Waals surface area (Å²) >= 11 is 0. The van der Waals surface area contributed by atoms with Crippen molar-refractivity contribution in [3.05, 3.63) is 29.3 Å². The fourth-order valence-electron chi connectivity index (χ4n) is 3.17. The fourth-order valence-corrected chi connectivity index (χ4v) is 5.37. The van der Waals surface area contributed by atoms with Crippen molar-refractivity contribution in [1.82, 2.24) is 9.99 Å². The lowest BCUT2D eigenvalue weighted by Crippen LogP contribution is -2.42. The molecule has 0 bridgehead atoms. The van der Waals surface area contributed by atoms with Crippen LogP contribution in [0.15, 0.2) is 18.2 Å². The van der Waals surface area contributed by atoms with Gasteiger partial charge in [-0.1, -0.05) is 39.0 Å². The van der Waals surface area contributed by atoms with E-state index in [0.29, 0.717) is 5.75 Å². The Morgan fingerprint density at radius 3 is 2.50 bits per heavy atom. The second-order valence-electron chi connectivity index (χ2n) is 7.79. The number of nitrogens with zero attached hydrogens (tertiary/aromatic N) is 1. The van der Waals surface area contributed by atoms with Gasteiger partial charge in [0.05, 0.1) is 6.10 Å². The molecule has 0 saturated heterocycles. The lowest BCUT2D eigenvalue weighted by molar-refractivity contribution is -0.150. The molecule has 1 heterocycles. The highest BCUT2D eigenvalue weighted by atomic mass is 31.2. The summed E-state index contributed by atoms with van der Waals surface area (Å²) in [7, 11) is 0.331. The van der Waals surface area contributed by atoms with Crippen molar-refractivity contribution in [2.45, 2.75) is 58.6 Å². The Bertz CT molecular complexity index is 703. The van der Waals surface area contributed by atoms with Gasteiger partial charge < -0.3 is 9.26 Å². The van der Waals surface area contributed by atoms with E-state index in [9.17, 15) is 9.36 Å². The minimum absolute atomic E-state index is 0.192. The van der Waals surface area contributed by atoms with Crippen LogP contribution in [0.4, 0.5) is 0 Å². The molecule has 1 aliphatic heterocycles. The standard InChI is InChI=1S/C19H31N2O4P/c1-12(2)15-9-8-10-16-14(5)17(19(22)24-13(3)4)20-26(23,11-21(6)7)25-18(15)16/h8-10,12-14,17H,11H2,1-7H3,(H,20,23)/t14?,17-,26?/m0/s1. The Morgan fingerprint density at radius 1 is 1.31 bits per heavy atom. The molecule has 0 amide bonds. The number of esters is 1. The normalized spacial score (nSPS) is 25.8. The first-order chi connectivity index (χ1) is 12.0. The van der Waals surface area contributed by atoms with Crippen LogP contribution in [0.2, 0.25) is 0 Å². The summed E-state index contributed by atoms with van der Waals surface area (Å²) in [6.45, 7) is 9.70. The van der Waals surface area contributed by atoms with Crippen molar-refractivity contribution in [1.29, 1.82) is 0 Å². The van der Waals surface area contributed by atoms with E-state index in [0.717, 1.165) is 11.1 Å². The van der Waals surface area contributed by atoms with Crippen molar-refractivity contribution in [2.24, 2.45) is 0 Å². The summed E-state index contributed by atoms with van der Waals surface area (Å²) in [5, 5.41) is 3.01. The molecule has 0 saturated carbocycles. The number of hydrogen-bond donors (Lipinski definition) is 1. The molecule has 1 aliphatic rings. The van der Waals surface area contributed by atoms with Gasteiger partial charge in [0.1, 0.15) is 18.1 Å². The third-order valence-electron chi connectivity index (χ3n) is 4.34. The number of hydrogen-bond acceptors (Lipinski definition) is 5. The maximum Gasteiger partial charge on any atom is 0.331 e. The number of ether oxygens (including phenoxy) is 1. The fraction of sp³-hybridized carbons (Fsp3) is 0.632. The van der Waals surface area contributed by atoms with Gasteiger partial charge in [-0.3, -0.25) is 14.3 Å². The second kappa shape index (κ2) is 8.12. The number of para-hydroxylation sites is 1. The average Bonchev–Trinajstić information content (AvgIpc) is 2.60. The second-order valence-corrected chi connectivity index (χ2v) is 9.86. The van der Waals surface area contributed by atoms with Crippen LogP contribution in [0.5, 0.6) is 5.75 Å². The summed E-state index contributed by atoms with van der Waals surface area (Å²) in [4.78, 5) is 14.5. The lowest BCUT2D eigenvalue weighted by Gasteiger charge is -2.26. The molecule has 26 heavy (non-hydrogen) atoms. The Balaban J connectivity index is 2.57. The number of fused-ring (bicyclic) bond motifs is 1. The first kappa shape index (κ1) is 20.9. The first-order valence-electron chi connectivity index (χ1n) is 9.08. The van der Waals surface area contributed by atoms with Gasteiger partial charge in [-0.15, -0.1) is 0 Å². The molecule has 3 atom stereocenters. The van der Waals surface area contributed by atoms with Crippen molar-refractivity contribution in [2.75, 3.05) is 20.4 Å². The summed E-state index contributed by atoms with van der Waals surface area (Å²) in [5.74, 6) is 0.211. The molecular formula is C19H31N2O4P. The minimum Gasteiger partial charge on any atom is -0.462 e. The number of benzene rings is 1. The molecule has 0 fully saturated rings. The van der Waals surface area contributed by atoms with Crippen molar-refractivity contribution in [3.63, 3.8) is 0 Å². The van der Waals surface area contributed by atoms with E-state index in [1.165, 1.54) is 0 Å². The molecule has 146 valence electrons. The van der Waals surface area contributed by atoms with Gasteiger partial charge in [0.15, 0.2) is 0 Å². The predicted molar refractivity (Wildman–Crippen MR) is 104 cm³/mol. The minimum atomic E-state index is -3.33.